The molecule has 5 atom stereocenters. The second-order valence-electron chi connectivity index (χ2n) is 11.7. The third kappa shape index (κ3) is 4.10. The van der Waals surface area contributed by atoms with E-state index < -0.39 is 5.60 Å². The van der Waals surface area contributed by atoms with Gasteiger partial charge in [0.25, 0.3) is 0 Å². The first-order valence-electron chi connectivity index (χ1n) is 13.9. The fraction of sp³-hybridized carbons (Fsp3) is 0.562. The van der Waals surface area contributed by atoms with Gasteiger partial charge in [0.15, 0.2) is 5.78 Å². The van der Waals surface area contributed by atoms with Crippen LogP contribution in [0.2, 0.25) is 0 Å². The average molecular weight is 504 g/mol. The zero-order valence-corrected chi connectivity index (χ0v) is 22.8. The van der Waals surface area contributed by atoms with Gasteiger partial charge in [0.2, 0.25) is 5.78 Å². The predicted octanol–water partition coefficient (Wildman–Crippen LogP) is 6.16. The monoisotopic (exact) mass is 503 g/mol. The van der Waals surface area contributed by atoms with Gasteiger partial charge in [-0.05, 0) is 92.2 Å². The zero-order valence-electron chi connectivity index (χ0n) is 22.8. The molecule has 2 unspecified atom stereocenters. The van der Waals surface area contributed by atoms with Crippen molar-refractivity contribution in [2.24, 2.45) is 17.3 Å². The van der Waals surface area contributed by atoms with Gasteiger partial charge in [-0.25, -0.2) is 0 Å². The van der Waals surface area contributed by atoms with Crippen LogP contribution in [0, 0.1) is 17.3 Å². The van der Waals surface area contributed by atoms with Gasteiger partial charge in [0.05, 0.1) is 6.26 Å². The van der Waals surface area contributed by atoms with Crippen LogP contribution in [0.5, 0.6) is 0 Å². The third-order valence-corrected chi connectivity index (χ3v) is 9.84. The van der Waals surface area contributed by atoms with Crippen LogP contribution in [0.15, 0.2) is 59.9 Å². The van der Waals surface area contributed by atoms with Gasteiger partial charge >= 0.3 is 0 Å². The lowest BCUT2D eigenvalue weighted by molar-refractivity contribution is -0.171. The van der Waals surface area contributed by atoms with E-state index >= 15 is 0 Å². The Balaban J connectivity index is 1.65. The minimum absolute atomic E-state index is 0.00161. The molecule has 1 aromatic rings. The molecular formula is C32H41NO4. The number of allylic oxidation sites excluding steroid dienone is 4. The number of benzene rings is 1. The second kappa shape index (κ2) is 9.90. The molecule has 2 fully saturated rings. The number of ketones is 2. The maximum Gasteiger partial charge on any atom is 0.202 e. The molecule has 5 heteroatoms. The molecule has 0 saturated heterocycles. The topological polar surface area (TPSA) is 55.8 Å². The Labute approximate surface area is 221 Å². The van der Waals surface area contributed by atoms with E-state index in [-0.39, 0.29) is 29.5 Å². The van der Waals surface area contributed by atoms with Crippen LogP contribution in [0.4, 0.5) is 5.69 Å². The van der Waals surface area contributed by atoms with E-state index in [1.807, 2.05) is 13.0 Å². The van der Waals surface area contributed by atoms with E-state index in [0.29, 0.717) is 24.9 Å². The molecule has 0 heterocycles. The molecule has 0 N–H and O–H groups in total. The van der Waals surface area contributed by atoms with Gasteiger partial charge in [-0.1, -0.05) is 31.2 Å². The molecule has 0 amide bonds. The van der Waals surface area contributed by atoms with Gasteiger partial charge in [-0.2, -0.15) is 0 Å². The summed E-state index contributed by atoms with van der Waals surface area (Å²) in [6, 6.07) is 8.92. The predicted molar refractivity (Wildman–Crippen MR) is 147 cm³/mol. The van der Waals surface area contributed by atoms with Crippen molar-refractivity contribution < 1.29 is 19.1 Å². The second-order valence-corrected chi connectivity index (χ2v) is 11.7. The molecule has 0 radical (unpaired) electrons. The van der Waals surface area contributed by atoms with Crippen molar-refractivity contribution >= 4 is 17.3 Å². The minimum Gasteiger partial charge on any atom is -0.494 e. The van der Waals surface area contributed by atoms with Crippen LogP contribution in [-0.4, -0.2) is 44.5 Å². The summed E-state index contributed by atoms with van der Waals surface area (Å²) in [5.41, 5.74) is 5.52. The van der Waals surface area contributed by atoms with Crippen LogP contribution in [-0.2, 0) is 19.1 Å². The number of anilines is 1. The van der Waals surface area contributed by atoms with Crippen LogP contribution < -0.4 is 4.90 Å². The Kier molecular flexibility index (Phi) is 6.95. The summed E-state index contributed by atoms with van der Waals surface area (Å²) >= 11 is 0. The van der Waals surface area contributed by atoms with Gasteiger partial charge in [0, 0.05) is 44.1 Å². The highest BCUT2D eigenvalue weighted by Gasteiger charge is 2.66. The molecule has 0 spiro atoms. The standard InChI is InChI=1S/C32H41NO4/c1-6-36-20-29(35)32(37-7-2)17-16-28-26-14-10-22-18-24(34)13-15-25(22)30(26)27(19-31(28,32)3)21-8-11-23(12-9-21)33(4)5/h6,8-9,11-12,18,26-28H,1,7,10,13-17,19-20H2,2-5H3/t26?,27-,28?,31+,32+/m1/s1. The molecule has 4 aliphatic carbocycles. The minimum atomic E-state index is -0.855. The first-order valence-corrected chi connectivity index (χ1v) is 13.9. The van der Waals surface area contributed by atoms with E-state index in [4.69, 9.17) is 9.47 Å². The van der Waals surface area contributed by atoms with E-state index in [2.05, 4.69) is 56.8 Å². The van der Waals surface area contributed by atoms with E-state index in [9.17, 15) is 9.59 Å². The summed E-state index contributed by atoms with van der Waals surface area (Å²) in [6.45, 7) is 8.44. The number of fused-ring (bicyclic) bond motifs is 4. The highest BCUT2D eigenvalue weighted by atomic mass is 16.5. The lowest BCUT2D eigenvalue weighted by Crippen LogP contribution is -2.58. The number of hydrogen-bond acceptors (Lipinski definition) is 5. The number of nitrogens with zero attached hydrogens (tertiary/aromatic N) is 1. The molecule has 0 aliphatic heterocycles. The Morgan fingerprint density at radius 1 is 1.16 bits per heavy atom. The first-order chi connectivity index (χ1) is 17.8. The van der Waals surface area contributed by atoms with Gasteiger partial charge in [-0.3, -0.25) is 9.59 Å². The van der Waals surface area contributed by atoms with E-state index in [1.54, 1.807) is 0 Å². The van der Waals surface area contributed by atoms with E-state index in [0.717, 1.165) is 38.5 Å². The number of rotatable bonds is 8. The molecular weight excluding hydrogens is 462 g/mol. The quantitative estimate of drug-likeness (QED) is 0.398. The molecule has 5 nitrogen and oxygen atoms in total. The van der Waals surface area contributed by atoms with Crippen LogP contribution in [0.1, 0.15) is 70.3 Å². The normalized spacial score (nSPS) is 32.7. The molecule has 0 aromatic heterocycles. The third-order valence-electron chi connectivity index (χ3n) is 9.84. The average Bonchev–Trinajstić information content (AvgIpc) is 3.19. The summed E-state index contributed by atoms with van der Waals surface area (Å²) in [7, 11) is 4.12. The lowest BCUT2D eigenvalue weighted by atomic mass is 9.50. The summed E-state index contributed by atoms with van der Waals surface area (Å²) in [4.78, 5) is 28.2. The molecule has 37 heavy (non-hydrogen) atoms. The van der Waals surface area contributed by atoms with Crippen molar-refractivity contribution in [2.75, 3.05) is 32.2 Å². The molecule has 5 rings (SSSR count). The SMILES string of the molecule is C=COCC(=O)[C@@]1(OCC)CCC2C3CCC4=CC(=O)CCC4=C3[C@@H](c3ccc(N(C)C)cc3)C[C@@]21C. The summed E-state index contributed by atoms with van der Waals surface area (Å²) in [6.07, 6.45) is 9.25. The number of carbonyl (C=O) groups is 2. The van der Waals surface area contributed by atoms with Crippen molar-refractivity contribution in [3.8, 4) is 0 Å². The maximum atomic E-state index is 13.8. The maximum absolute atomic E-state index is 13.8. The van der Waals surface area contributed by atoms with Crippen LogP contribution in [0.3, 0.4) is 0 Å². The van der Waals surface area contributed by atoms with Crippen molar-refractivity contribution in [2.45, 2.75) is 70.3 Å². The molecule has 1 aromatic carbocycles. The van der Waals surface area contributed by atoms with Gasteiger partial charge in [0.1, 0.15) is 12.2 Å². The number of ether oxygens (including phenoxy) is 2. The first kappa shape index (κ1) is 26.0. The molecule has 2 saturated carbocycles. The van der Waals surface area contributed by atoms with Crippen LogP contribution in [0.25, 0.3) is 0 Å². The highest BCUT2D eigenvalue weighted by molar-refractivity contribution is 5.93. The summed E-state index contributed by atoms with van der Waals surface area (Å²) < 4.78 is 11.9. The Morgan fingerprint density at radius 3 is 2.59 bits per heavy atom. The van der Waals surface area contributed by atoms with Crippen molar-refractivity contribution in [3.63, 3.8) is 0 Å². The van der Waals surface area contributed by atoms with Crippen LogP contribution >= 0.6 is 0 Å². The zero-order chi connectivity index (χ0) is 26.4. The fourth-order valence-corrected chi connectivity index (χ4v) is 8.23. The molecule has 4 aliphatic rings. The Bertz CT molecular complexity index is 1150. The lowest BCUT2D eigenvalue weighted by Gasteiger charge is -2.55. The Morgan fingerprint density at radius 2 is 1.92 bits per heavy atom. The van der Waals surface area contributed by atoms with Crippen molar-refractivity contribution in [3.05, 3.63) is 65.5 Å². The van der Waals surface area contributed by atoms with E-state index in [1.165, 1.54) is 34.2 Å². The number of carbonyl (C=O) groups excluding carboxylic acids is 2. The summed E-state index contributed by atoms with van der Waals surface area (Å²) in [5, 5.41) is 0. The smallest absolute Gasteiger partial charge is 0.202 e. The fourth-order valence-electron chi connectivity index (χ4n) is 8.23. The molecule has 0 bridgehead atoms. The molecule has 198 valence electrons. The highest BCUT2D eigenvalue weighted by Crippen LogP contribution is 2.67. The number of hydrogen-bond donors (Lipinski definition) is 0. The summed E-state index contributed by atoms with van der Waals surface area (Å²) in [5.74, 6) is 1.25. The van der Waals surface area contributed by atoms with Gasteiger partial charge in [-0.15, -0.1) is 0 Å². The van der Waals surface area contributed by atoms with Gasteiger partial charge < -0.3 is 14.4 Å². The van der Waals surface area contributed by atoms with Crippen molar-refractivity contribution in [1.82, 2.24) is 0 Å². The number of Topliss-reactive ketones (excluding diaryl/α,β-unsaturated/α-hetero) is 1. The Hall–Kier alpha value is -2.66. The largest absolute Gasteiger partial charge is 0.494 e. The van der Waals surface area contributed by atoms with Crippen molar-refractivity contribution in [1.29, 1.82) is 0 Å².